The number of benzene rings is 2. The van der Waals surface area contributed by atoms with Crippen LogP contribution in [0.25, 0.3) is 10.9 Å². The third-order valence-electron chi connectivity index (χ3n) is 8.26. The summed E-state index contributed by atoms with van der Waals surface area (Å²) in [6.07, 6.45) is 6.89. The van der Waals surface area contributed by atoms with Crippen LogP contribution in [0.5, 0.6) is 5.75 Å². The van der Waals surface area contributed by atoms with Crippen molar-refractivity contribution in [2.75, 3.05) is 31.7 Å². The Bertz CT molecular complexity index is 1640. The van der Waals surface area contributed by atoms with E-state index in [0.717, 1.165) is 38.4 Å². The van der Waals surface area contributed by atoms with Gasteiger partial charge in [0.1, 0.15) is 22.4 Å². The lowest BCUT2D eigenvalue weighted by Gasteiger charge is -2.41. The molecule has 2 aromatic heterocycles. The molecule has 2 aliphatic heterocycles. The fourth-order valence-electron chi connectivity index (χ4n) is 5.64. The van der Waals surface area contributed by atoms with Crippen molar-refractivity contribution in [3.63, 3.8) is 0 Å². The molecule has 0 amide bonds. The summed E-state index contributed by atoms with van der Waals surface area (Å²) in [6.45, 7) is 4.47. The Morgan fingerprint density at radius 2 is 2.00 bits per heavy atom. The molecule has 2 fully saturated rings. The minimum absolute atomic E-state index is 0.00778. The van der Waals surface area contributed by atoms with Gasteiger partial charge in [-0.3, -0.25) is 9.36 Å². The number of nitrogens with two attached hydrogens (primary N) is 1. The van der Waals surface area contributed by atoms with Crippen LogP contribution < -0.4 is 20.9 Å². The van der Waals surface area contributed by atoms with E-state index in [1.807, 2.05) is 13.0 Å². The molecule has 0 aliphatic carbocycles. The topological polar surface area (TPSA) is 108 Å². The summed E-state index contributed by atoms with van der Waals surface area (Å²) in [5, 5.41) is 1.18. The van der Waals surface area contributed by atoms with Gasteiger partial charge in [0.15, 0.2) is 0 Å². The minimum Gasteiger partial charge on any atom is -0.497 e. The van der Waals surface area contributed by atoms with Crippen molar-refractivity contribution in [1.29, 1.82) is 0 Å². The minimum atomic E-state index is -0.469. The molecular weight excluding hydrogens is 567 g/mol. The number of rotatable bonds is 6. The maximum atomic E-state index is 14.5. The first-order valence-corrected chi connectivity index (χ1v) is 14.6. The third kappa shape index (κ3) is 5.27. The number of methoxy groups -OCH3 is 1. The van der Waals surface area contributed by atoms with Crippen molar-refractivity contribution in [2.24, 2.45) is 11.1 Å². The number of fused-ring (bicyclic) bond motifs is 1. The Labute approximate surface area is 245 Å². The zero-order valence-corrected chi connectivity index (χ0v) is 24.3. The largest absolute Gasteiger partial charge is 0.497 e. The number of hydrogen-bond acceptors (Lipinski definition) is 9. The van der Waals surface area contributed by atoms with Crippen LogP contribution in [-0.4, -0.2) is 58.5 Å². The number of halogens is 2. The Morgan fingerprint density at radius 3 is 2.66 bits per heavy atom. The van der Waals surface area contributed by atoms with E-state index >= 15 is 0 Å². The smallest absolute Gasteiger partial charge is 0.263 e. The standard InChI is InChI=1S/C29H30ClFN6O3S/c1-17-27(32)29(15-40-17)7-9-36(10-8-29)23-12-34-24(13-33-23)41-22-6-5-21-25(26(22)30)28(38)37(16-35-21)14-18-3-4-19(39-2)11-20(18)31/h3-6,11-13,16-17,27H,7-10,14-15,32H2,1-2H3/t17-,27+/m0/s1. The highest BCUT2D eigenvalue weighted by Crippen LogP contribution is 2.42. The first-order valence-electron chi connectivity index (χ1n) is 13.4. The van der Waals surface area contributed by atoms with Crippen molar-refractivity contribution in [2.45, 2.75) is 48.4 Å². The molecule has 0 bridgehead atoms. The fraction of sp³-hybridized carbons (Fsp3) is 0.379. The van der Waals surface area contributed by atoms with Gasteiger partial charge in [0, 0.05) is 41.1 Å². The Kier molecular flexibility index (Phi) is 7.62. The summed E-state index contributed by atoms with van der Waals surface area (Å²) >= 11 is 8.05. The monoisotopic (exact) mass is 596 g/mol. The van der Waals surface area contributed by atoms with E-state index < -0.39 is 5.82 Å². The molecule has 6 rings (SSSR count). The summed E-state index contributed by atoms with van der Waals surface area (Å²) < 4.78 is 26.8. The lowest BCUT2D eigenvalue weighted by atomic mass is 9.73. The van der Waals surface area contributed by atoms with Crippen LogP contribution in [-0.2, 0) is 11.3 Å². The molecule has 9 nitrogen and oxygen atoms in total. The molecule has 0 unspecified atom stereocenters. The van der Waals surface area contributed by atoms with Crippen molar-refractivity contribution in [3.05, 3.63) is 75.8 Å². The number of ether oxygens (including phenoxy) is 2. The molecule has 0 radical (unpaired) electrons. The van der Waals surface area contributed by atoms with Gasteiger partial charge in [0.2, 0.25) is 0 Å². The zero-order valence-electron chi connectivity index (χ0n) is 22.7. The molecule has 2 aromatic carbocycles. The van der Waals surface area contributed by atoms with Gasteiger partial charge < -0.3 is 20.1 Å². The molecule has 214 valence electrons. The predicted molar refractivity (Wildman–Crippen MR) is 156 cm³/mol. The summed E-state index contributed by atoms with van der Waals surface area (Å²) in [4.78, 5) is 29.9. The van der Waals surface area contributed by atoms with Crippen LogP contribution in [0.3, 0.4) is 0 Å². The van der Waals surface area contributed by atoms with Crippen LogP contribution in [0.15, 0.2) is 63.8 Å². The summed E-state index contributed by atoms with van der Waals surface area (Å²) in [7, 11) is 1.47. The van der Waals surface area contributed by atoms with E-state index in [2.05, 4.69) is 19.9 Å². The molecule has 2 N–H and O–H groups in total. The van der Waals surface area contributed by atoms with Gasteiger partial charge >= 0.3 is 0 Å². The molecule has 4 heterocycles. The molecule has 12 heteroatoms. The van der Waals surface area contributed by atoms with Crippen molar-refractivity contribution in [3.8, 4) is 5.75 Å². The summed E-state index contributed by atoms with van der Waals surface area (Å²) in [5.41, 5.74) is 6.93. The van der Waals surface area contributed by atoms with E-state index in [0.29, 0.717) is 26.8 Å². The molecule has 4 aromatic rings. The first-order chi connectivity index (χ1) is 19.8. The predicted octanol–water partition coefficient (Wildman–Crippen LogP) is 4.52. The number of piperidine rings is 1. The summed E-state index contributed by atoms with van der Waals surface area (Å²) in [6, 6.07) is 8.13. The first kappa shape index (κ1) is 27.9. The van der Waals surface area contributed by atoms with Gasteiger partial charge in [0.25, 0.3) is 5.56 Å². The lowest BCUT2D eigenvalue weighted by molar-refractivity contribution is 0.0974. The zero-order chi connectivity index (χ0) is 28.7. The van der Waals surface area contributed by atoms with E-state index in [9.17, 15) is 9.18 Å². The average Bonchev–Trinajstić information content (AvgIpc) is 3.26. The second kappa shape index (κ2) is 11.2. The highest BCUT2D eigenvalue weighted by molar-refractivity contribution is 7.99. The summed E-state index contributed by atoms with van der Waals surface area (Å²) in [5.74, 6) is 0.745. The maximum Gasteiger partial charge on any atom is 0.263 e. The highest BCUT2D eigenvalue weighted by atomic mass is 35.5. The van der Waals surface area contributed by atoms with E-state index in [1.165, 1.54) is 35.8 Å². The van der Waals surface area contributed by atoms with Gasteiger partial charge in [-0.1, -0.05) is 29.4 Å². The van der Waals surface area contributed by atoms with E-state index in [-0.39, 0.29) is 40.1 Å². The normalized spacial score (nSPS) is 20.2. The van der Waals surface area contributed by atoms with Crippen LogP contribution in [0.1, 0.15) is 25.3 Å². The van der Waals surface area contributed by atoms with Crippen molar-refractivity contribution >= 4 is 40.1 Å². The van der Waals surface area contributed by atoms with Gasteiger partial charge in [-0.25, -0.2) is 19.3 Å². The fourth-order valence-corrected chi connectivity index (χ4v) is 6.76. The third-order valence-corrected chi connectivity index (χ3v) is 9.74. The van der Waals surface area contributed by atoms with Crippen LogP contribution in [0, 0.1) is 11.2 Å². The second-order valence-electron chi connectivity index (χ2n) is 10.6. The maximum absolute atomic E-state index is 14.5. The quantitative estimate of drug-likeness (QED) is 0.344. The van der Waals surface area contributed by atoms with Crippen LogP contribution in [0.2, 0.25) is 5.02 Å². The Morgan fingerprint density at radius 1 is 1.20 bits per heavy atom. The van der Waals surface area contributed by atoms with Gasteiger partial charge in [0.05, 0.1) is 61.0 Å². The molecular formula is C29H30ClFN6O3S. The van der Waals surface area contributed by atoms with Gasteiger partial charge in [-0.15, -0.1) is 0 Å². The highest BCUT2D eigenvalue weighted by Gasteiger charge is 2.47. The number of aromatic nitrogens is 4. The molecule has 0 saturated carbocycles. The molecule has 41 heavy (non-hydrogen) atoms. The van der Waals surface area contributed by atoms with E-state index in [4.69, 9.17) is 26.8 Å². The number of hydrogen-bond donors (Lipinski definition) is 1. The van der Waals surface area contributed by atoms with Gasteiger partial charge in [-0.2, -0.15) is 0 Å². The SMILES string of the molecule is COc1ccc(Cn2cnc3ccc(Sc4cnc(N5CCC6(CC5)CO[C@@H](C)[C@H]6N)cn4)c(Cl)c3c2=O)c(F)c1. The van der Waals surface area contributed by atoms with Crippen molar-refractivity contribution < 1.29 is 13.9 Å². The molecule has 2 saturated heterocycles. The Balaban J connectivity index is 1.18. The van der Waals surface area contributed by atoms with Crippen LogP contribution in [0.4, 0.5) is 10.2 Å². The molecule has 1 spiro atoms. The number of anilines is 1. The number of nitrogens with zero attached hydrogens (tertiary/aromatic N) is 5. The Hall–Kier alpha value is -3.25. The van der Waals surface area contributed by atoms with Gasteiger partial charge in [-0.05, 0) is 38.0 Å². The van der Waals surface area contributed by atoms with Crippen molar-refractivity contribution in [1.82, 2.24) is 19.5 Å². The average molecular weight is 597 g/mol. The lowest BCUT2D eigenvalue weighted by Crippen LogP contribution is -2.50. The van der Waals surface area contributed by atoms with Crippen LogP contribution >= 0.6 is 23.4 Å². The second-order valence-corrected chi connectivity index (χ2v) is 12.1. The molecule has 2 aliphatic rings. The molecule has 2 atom stereocenters. The van der Waals surface area contributed by atoms with E-state index in [1.54, 1.807) is 30.6 Å².